The van der Waals surface area contributed by atoms with Gasteiger partial charge >= 0.3 is 0 Å². The van der Waals surface area contributed by atoms with E-state index in [0.29, 0.717) is 0 Å². The second kappa shape index (κ2) is 3.90. The van der Waals surface area contributed by atoms with Crippen LogP contribution in [0.5, 0.6) is 11.6 Å². The summed E-state index contributed by atoms with van der Waals surface area (Å²) < 4.78 is 5.07. The summed E-state index contributed by atoms with van der Waals surface area (Å²) in [6, 6.07) is 7.61. The molecular weight excluding hydrogens is 210 g/mol. The van der Waals surface area contributed by atoms with Crippen LogP contribution in [-0.4, -0.2) is 17.2 Å². The van der Waals surface area contributed by atoms with Gasteiger partial charge in [0.15, 0.2) is 0 Å². The first-order chi connectivity index (χ1) is 7.20. The lowest BCUT2D eigenvalue weighted by atomic mass is 10.2. The molecule has 3 nitrogen and oxygen atoms in total. The summed E-state index contributed by atoms with van der Waals surface area (Å²) in [5, 5.41) is 10.2. The quantitative estimate of drug-likeness (QED) is 0.847. The van der Waals surface area contributed by atoms with Crippen molar-refractivity contribution in [2.24, 2.45) is 0 Å². The van der Waals surface area contributed by atoms with E-state index in [4.69, 9.17) is 4.74 Å². The fraction of sp³-hybridized carbons (Fsp3) is 0.182. The summed E-state index contributed by atoms with van der Waals surface area (Å²) >= 11 is 1.48. The molecule has 0 amide bonds. The number of benzene rings is 1. The van der Waals surface area contributed by atoms with E-state index >= 15 is 0 Å². The van der Waals surface area contributed by atoms with Crippen LogP contribution in [0.4, 0.5) is 0 Å². The monoisotopic (exact) mass is 221 g/mol. The molecule has 0 aliphatic rings. The number of ether oxygens (including phenoxy) is 1. The first kappa shape index (κ1) is 9.98. The molecule has 0 unspecified atom stereocenters. The lowest BCUT2D eigenvalue weighted by molar-refractivity contribution is 0.415. The third kappa shape index (κ3) is 1.94. The lowest BCUT2D eigenvalue weighted by Crippen LogP contribution is -1.81. The highest BCUT2D eigenvalue weighted by Gasteiger charge is 2.07. The van der Waals surface area contributed by atoms with Crippen LogP contribution in [0, 0.1) is 6.92 Å². The molecule has 0 saturated carbocycles. The van der Waals surface area contributed by atoms with Gasteiger partial charge in [0.05, 0.1) is 12.0 Å². The van der Waals surface area contributed by atoms with Crippen LogP contribution < -0.4 is 4.74 Å². The van der Waals surface area contributed by atoms with E-state index in [1.165, 1.54) is 11.3 Å². The molecule has 2 aromatic rings. The van der Waals surface area contributed by atoms with E-state index in [0.717, 1.165) is 21.2 Å². The maximum atomic E-state index is 9.38. The van der Waals surface area contributed by atoms with Gasteiger partial charge in [-0.2, -0.15) is 0 Å². The zero-order valence-electron chi connectivity index (χ0n) is 8.52. The van der Waals surface area contributed by atoms with Crippen molar-refractivity contribution < 1.29 is 9.84 Å². The molecule has 0 atom stereocenters. The molecular formula is C11H11NO2S. The molecule has 15 heavy (non-hydrogen) atoms. The number of aromatic hydroxyl groups is 1. The highest BCUT2D eigenvalue weighted by Crippen LogP contribution is 2.31. The van der Waals surface area contributed by atoms with Gasteiger partial charge < -0.3 is 9.84 Å². The number of hydrogen-bond donors (Lipinski definition) is 1. The Morgan fingerprint density at radius 2 is 1.93 bits per heavy atom. The number of hydrogen-bond acceptors (Lipinski definition) is 4. The van der Waals surface area contributed by atoms with Crippen molar-refractivity contribution in [3.63, 3.8) is 0 Å². The van der Waals surface area contributed by atoms with E-state index in [2.05, 4.69) is 4.98 Å². The average molecular weight is 221 g/mol. The lowest BCUT2D eigenvalue weighted by Gasteiger charge is -1.99. The van der Waals surface area contributed by atoms with Gasteiger partial charge in [0.1, 0.15) is 10.8 Å². The van der Waals surface area contributed by atoms with Gasteiger partial charge in [0, 0.05) is 5.56 Å². The van der Waals surface area contributed by atoms with Gasteiger partial charge in [-0.25, -0.2) is 4.98 Å². The fourth-order valence-electron chi connectivity index (χ4n) is 1.25. The minimum atomic E-state index is 0.116. The number of rotatable bonds is 2. The van der Waals surface area contributed by atoms with Crippen LogP contribution >= 0.6 is 11.3 Å². The Hall–Kier alpha value is -1.55. The molecule has 0 spiro atoms. The molecule has 1 heterocycles. The van der Waals surface area contributed by atoms with Crippen molar-refractivity contribution in [2.45, 2.75) is 6.92 Å². The highest BCUT2D eigenvalue weighted by molar-refractivity contribution is 7.15. The number of methoxy groups -OCH3 is 1. The zero-order valence-corrected chi connectivity index (χ0v) is 9.34. The van der Waals surface area contributed by atoms with Crippen molar-refractivity contribution in [2.75, 3.05) is 7.11 Å². The molecule has 1 N–H and O–H groups in total. The molecule has 0 saturated heterocycles. The number of nitrogens with zero attached hydrogens (tertiary/aromatic N) is 1. The summed E-state index contributed by atoms with van der Waals surface area (Å²) in [5.74, 6) is 0.932. The molecule has 4 heteroatoms. The number of thiazole rings is 1. The topological polar surface area (TPSA) is 42.4 Å². The third-order valence-electron chi connectivity index (χ3n) is 2.11. The zero-order chi connectivity index (χ0) is 10.8. The maximum Gasteiger partial charge on any atom is 0.225 e. The molecule has 1 aromatic carbocycles. The second-order valence-corrected chi connectivity index (χ2v) is 4.33. The van der Waals surface area contributed by atoms with Crippen LogP contribution in [0.15, 0.2) is 24.3 Å². The molecule has 2 rings (SSSR count). The number of aromatic nitrogens is 1. The first-order valence-electron chi connectivity index (χ1n) is 4.51. The largest absolute Gasteiger partial charge is 0.497 e. The van der Waals surface area contributed by atoms with E-state index in [-0.39, 0.29) is 5.88 Å². The van der Waals surface area contributed by atoms with Gasteiger partial charge in [0.2, 0.25) is 5.88 Å². The van der Waals surface area contributed by atoms with Gasteiger partial charge in [-0.05, 0) is 31.2 Å². The van der Waals surface area contributed by atoms with Crippen molar-refractivity contribution >= 4 is 11.3 Å². The molecule has 0 radical (unpaired) electrons. The Morgan fingerprint density at radius 1 is 1.27 bits per heavy atom. The van der Waals surface area contributed by atoms with E-state index < -0.39 is 0 Å². The van der Waals surface area contributed by atoms with E-state index in [1.807, 2.05) is 31.2 Å². The smallest absolute Gasteiger partial charge is 0.225 e. The Labute approximate surface area is 92.0 Å². The third-order valence-corrected chi connectivity index (χ3v) is 3.12. The summed E-state index contributed by atoms with van der Waals surface area (Å²) in [6.45, 7) is 1.85. The van der Waals surface area contributed by atoms with Crippen molar-refractivity contribution in [1.29, 1.82) is 0 Å². The molecule has 0 aliphatic carbocycles. The summed E-state index contributed by atoms with van der Waals surface area (Å²) in [4.78, 5) is 4.90. The summed E-state index contributed by atoms with van der Waals surface area (Å²) in [5.41, 5.74) is 0.990. The van der Waals surface area contributed by atoms with Crippen molar-refractivity contribution in [3.8, 4) is 22.2 Å². The van der Waals surface area contributed by atoms with Crippen LogP contribution in [-0.2, 0) is 0 Å². The summed E-state index contributed by atoms with van der Waals surface area (Å²) in [6.07, 6.45) is 0. The van der Waals surface area contributed by atoms with Gasteiger partial charge in [0.25, 0.3) is 0 Å². The van der Waals surface area contributed by atoms with Crippen molar-refractivity contribution in [1.82, 2.24) is 4.98 Å². The molecule has 0 aliphatic heterocycles. The van der Waals surface area contributed by atoms with Crippen LogP contribution in [0.25, 0.3) is 10.6 Å². The normalized spacial score (nSPS) is 10.3. The van der Waals surface area contributed by atoms with Crippen LogP contribution in [0.2, 0.25) is 0 Å². The molecule has 0 bridgehead atoms. The number of aryl methyl sites for hydroxylation is 1. The predicted molar refractivity (Wildman–Crippen MR) is 60.5 cm³/mol. The average Bonchev–Trinajstić information content (AvgIpc) is 2.59. The second-order valence-electron chi connectivity index (χ2n) is 3.13. The van der Waals surface area contributed by atoms with Crippen LogP contribution in [0.3, 0.4) is 0 Å². The molecule has 78 valence electrons. The first-order valence-corrected chi connectivity index (χ1v) is 5.33. The minimum Gasteiger partial charge on any atom is -0.497 e. The van der Waals surface area contributed by atoms with Gasteiger partial charge in [-0.1, -0.05) is 0 Å². The van der Waals surface area contributed by atoms with Crippen molar-refractivity contribution in [3.05, 3.63) is 29.1 Å². The Bertz CT molecular complexity index is 442. The molecule has 1 aromatic heterocycles. The minimum absolute atomic E-state index is 0.116. The Kier molecular flexibility index (Phi) is 2.60. The predicted octanol–water partition coefficient (Wildman–Crippen LogP) is 2.83. The van der Waals surface area contributed by atoms with Gasteiger partial charge in [-0.15, -0.1) is 11.3 Å². The highest BCUT2D eigenvalue weighted by atomic mass is 32.1. The molecule has 0 fully saturated rings. The van der Waals surface area contributed by atoms with E-state index in [9.17, 15) is 5.11 Å². The summed E-state index contributed by atoms with van der Waals surface area (Å²) in [7, 11) is 1.63. The van der Waals surface area contributed by atoms with E-state index in [1.54, 1.807) is 7.11 Å². The Balaban J connectivity index is 2.37. The standard InChI is InChI=1S/C11H11NO2S/c1-7-10(13)12-11(15-7)8-3-5-9(14-2)6-4-8/h3-6,13H,1-2H3. The maximum absolute atomic E-state index is 9.38. The Morgan fingerprint density at radius 3 is 2.40 bits per heavy atom. The van der Waals surface area contributed by atoms with Crippen LogP contribution in [0.1, 0.15) is 4.88 Å². The SMILES string of the molecule is COc1ccc(-c2nc(O)c(C)s2)cc1. The van der Waals surface area contributed by atoms with Gasteiger partial charge in [-0.3, -0.25) is 0 Å². The fourth-order valence-corrected chi connectivity index (χ4v) is 2.06.